The maximum Gasteiger partial charge on any atom is 0.320 e. The number of carboxylic acids is 1. The number of urea groups is 1. The predicted octanol–water partition coefficient (Wildman–Crippen LogP) is -0.898. The van der Waals surface area contributed by atoms with E-state index in [9.17, 15) is 14.4 Å². The van der Waals surface area contributed by atoms with Gasteiger partial charge < -0.3 is 25.0 Å². The average Bonchev–Trinajstić information content (AvgIpc) is 2.93. The molecular formula is C12H19N3O5. The third-order valence-corrected chi connectivity index (χ3v) is 3.70. The van der Waals surface area contributed by atoms with Crippen molar-refractivity contribution in [2.24, 2.45) is 0 Å². The van der Waals surface area contributed by atoms with E-state index < -0.39 is 17.9 Å². The van der Waals surface area contributed by atoms with E-state index in [-0.39, 0.29) is 18.5 Å². The lowest BCUT2D eigenvalue weighted by Crippen LogP contribution is -2.61. The number of carbonyl (C=O) groups is 3. The largest absolute Gasteiger partial charge is 0.481 e. The molecule has 0 aromatic carbocycles. The van der Waals surface area contributed by atoms with Crippen LogP contribution in [0.2, 0.25) is 0 Å². The Kier molecular flexibility index (Phi) is 4.43. The molecule has 20 heavy (non-hydrogen) atoms. The Balaban J connectivity index is 2.08. The Morgan fingerprint density at radius 2 is 2.30 bits per heavy atom. The molecule has 0 aliphatic carbocycles. The van der Waals surface area contributed by atoms with Gasteiger partial charge in [-0.05, 0) is 6.42 Å². The summed E-state index contributed by atoms with van der Waals surface area (Å²) in [5.41, 5.74) is 0. The molecule has 8 heteroatoms. The molecule has 0 spiro atoms. The Morgan fingerprint density at radius 3 is 2.90 bits per heavy atom. The molecule has 2 aliphatic heterocycles. The lowest BCUT2D eigenvalue weighted by molar-refractivity contribution is -0.142. The predicted molar refractivity (Wildman–Crippen MR) is 68.1 cm³/mol. The van der Waals surface area contributed by atoms with Gasteiger partial charge in [-0.15, -0.1) is 0 Å². The van der Waals surface area contributed by atoms with Gasteiger partial charge in [0.2, 0.25) is 5.91 Å². The number of hydrogen-bond acceptors (Lipinski definition) is 4. The highest BCUT2D eigenvalue weighted by atomic mass is 16.5. The van der Waals surface area contributed by atoms with Crippen molar-refractivity contribution in [3.05, 3.63) is 0 Å². The minimum absolute atomic E-state index is 0.0158. The zero-order valence-corrected chi connectivity index (χ0v) is 11.4. The van der Waals surface area contributed by atoms with Crippen LogP contribution in [0.3, 0.4) is 0 Å². The Morgan fingerprint density at radius 1 is 1.55 bits per heavy atom. The van der Waals surface area contributed by atoms with Crippen molar-refractivity contribution < 1.29 is 24.2 Å². The zero-order valence-electron chi connectivity index (χ0n) is 11.4. The molecule has 0 aromatic heterocycles. The number of carbonyl (C=O) groups excluding carboxylic acids is 2. The summed E-state index contributed by atoms with van der Waals surface area (Å²) in [6.07, 6.45) is 0.373. The molecule has 2 fully saturated rings. The number of amides is 3. The van der Waals surface area contributed by atoms with Crippen molar-refractivity contribution in [3.63, 3.8) is 0 Å². The van der Waals surface area contributed by atoms with Gasteiger partial charge in [-0.1, -0.05) is 0 Å². The first kappa shape index (κ1) is 14.6. The molecule has 2 aliphatic rings. The number of carboxylic acid groups (broad SMARTS) is 1. The second kappa shape index (κ2) is 6.08. The van der Waals surface area contributed by atoms with Crippen LogP contribution >= 0.6 is 0 Å². The topological polar surface area (TPSA) is 99.2 Å². The summed E-state index contributed by atoms with van der Waals surface area (Å²) in [5, 5.41) is 11.5. The molecule has 2 unspecified atom stereocenters. The fraction of sp³-hybridized carbons (Fsp3) is 0.750. The Bertz CT molecular complexity index is 408. The third kappa shape index (κ3) is 3.01. The summed E-state index contributed by atoms with van der Waals surface area (Å²) in [7, 11) is 1.66. The van der Waals surface area contributed by atoms with Gasteiger partial charge in [0, 0.05) is 26.7 Å². The maximum atomic E-state index is 12.4. The van der Waals surface area contributed by atoms with Crippen molar-refractivity contribution >= 4 is 17.9 Å². The van der Waals surface area contributed by atoms with E-state index in [2.05, 4.69) is 5.32 Å². The van der Waals surface area contributed by atoms with Crippen LogP contribution in [-0.2, 0) is 14.3 Å². The fourth-order valence-corrected chi connectivity index (χ4v) is 2.50. The number of piperazine rings is 1. The van der Waals surface area contributed by atoms with Crippen LogP contribution in [0.15, 0.2) is 0 Å². The summed E-state index contributed by atoms with van der Waals surface area (Å²) in [6.45, 7) is 1.75. The van der Waals surface area contributed by atoms with Crippen LogP contribution < -0.4 is 5.32 Å². The molecule has 2 heterocycles. The van der Waals surface area contributed by atoms with Gasteiger partial charge in [0.05, 0.1) is 19.1 Å². The van der Waals surface area contributed by atoms with Gasteiger partial charge in [0.1, 0.15) is 6.04 Å². The molecule has 0 radical (unpaired) electrons. The van der Waals surface area contributed by atoms with Crippen LogP contribution in [0, 0.1) is 0 Å². The summed E-state index contributed by atoms with van der Waals surface area (Å²) >= 11 is 0. The number of nitrogens with zero attached hydrogens (tertiary/aromatic N) is 2. The van der Waals surface area contributed by atoms with Gasteiger partial charge in [-0.25, -0.2) is 4.79 Å². The number of aliphatic carboxylic acids is 1. The fourth-order valence-electron chi connectivity index (χ4n) is 2.50. The standard InChI is InChI=1S/C12H19N3O5/c1-14(8-2-5-20-7-8)12(19)15-4-3-13-11(18)9(15)6-10(16)17/h8-9H,2-7H2,1H3,(H,13,18)(H,16,17). The Hall–Kier alpha value is -1.83. The number of rotatable bonds is 3. The average molecular weight is 285 g/mol. The van der Waals surface area contributed by atoms with Gasteiger partial charge in [-0.2, -0.15) is 0 Å². The molecule has 0 saturated carbocycles. The summed E-state index contributed by atoms with van der Waals surface area (Å²) in [6, 6.07) is -1.28. The van der Waals surface area contributed by atoms with E-state index in [0.717, 1.165) is 6.42 Å². The van der Waals surface area contributed by atoms with Crippen LogP contribution in [0.4, 0.5) is 4.79 Å². The lowest BCUT2D eigenvalue weighted by atomic mass is 10.1. The zero-order chi connectivity index (χ0) is 14.7. The van der Waals surface area contributed by atoms with Crippen molar-refractivity contribution in [2.45, 2.75) is 24.9 Å². The molecule has 2 atom stereocenters. The molecule has 2 N–H and O–H groups in total. The van der Waals surface area contributed by atoms with E-state index in [1.165, 1.54) is 4.90 Å². The van der Waals surface area contributed by atoms with Gasteiger partial charge >= 0.3 is 12.0 Å². The Labute approximate surface area is 116 Å². The van der Waals surface area contributed by atoms with Gasteiger partial charge in [0.15, 0.2) is 0 Å². The molecule has 0 bridgehead atoms. The van der Waals surface area contributed by atoms with Gasteiger partial charge in [0.25, 0.3) is 0 Å². The second-order valence-corrected chi connectivity index (χ2v) is 5.01. The molecule has 3 amide bonds. The molecular weight excluding hydrogens is 266 g/mol. The second-order valence-electron chi connectivity index (χ2n) is 5.01. The minimum Gasteiger partial charge on any atom is -0.481 e. The first-order valence-electron chi connectivity index (χ1n) is 6.61. The summed E-state index contributed by atoms with van der Waals surface area (Å²) < 4.78 is 5.24. The van der Waals surface area contributed by atoms with Crippen molar-refractivity contribution in [1.82, 2.24) is 15.1 Å². The first-order valence-corrected chi connectivity index (χ1v) is 6.61. The maximum absolute atomic E-state index is 12.4. The third-order valence-electron chi connectivity index (χ3n) is 3.70. The van der Waals surface area contributed by atoms with E-state index in [1.807, 2.05) is 0 Å². The SMILES string of the molecule is CN(C(=O)N1CCNC(=O)C1CC(=O)O)C1CCOC1. The summed E-state index contributed by atoms with van der Waals surface area (Å²) in [4.78, 5) is 38.0. The molecule has 0 aromatic rings. The van der Waals surface area contributed by atoms with Crippen LogP contribution in [0.5, 0.6) is 0 Å². The molecule has 8 nitrogen and oxygen atoms in total. The van der Waals surface area contributed by atoms with Crippen LogP contribution in [-0.4, -0.2) is 78.2 Å². The smallest absolute Gasteiger partial charge is 0.320 e. The van der Waals surface area contributed by atoms with Crippen molar-refractivity contribution in [1.29, 1.82) is 0 Å². The van der Waals surface area contributed by atoms with Crippen LogP contribution in [0.25, 0.3) is 0 Å². The molecule has 2 rings (SSSR count). The highest BCUT2D eigenvalue weighted by molar-refractivity contribution is 5.91. The highest BCUT2D eigenvalue weighted by Crippen LogP contribution is 2.16. The molecule has 112 valence electrons. The van der Waals surface area contributed by atoms with Crippen LogP contribution in [0.1, 0.15) is 12.8 Å². The van der Waals surface area contributed by atoms with E-state index in [4.69, 9.17) is 9.84 Å². The number of ether oxygens (including phenoxy) is 1. The lowest BCUT2D eigenvalue weighted by Gasteiger charge is -2.38. The minimum atomic E-state index is -1.10. The van der Waals surface area contributed by atoms with Crippen molar-refractivity contribution in [2.75, 3.05) is 33.4 Å². The molecule has 2 saturated heterocycles. The number of likely N-dealkylation sites (N-methyl/N-ethyl adjacent to an activating group) is 1. The van der Waals surface area contributed by atoms with Crippen molar-refractivity contribution in [3.8, 4) is 0 Å². The van der Waals surface area contributed by atoms with E-state index in [0.29, 0.717) is 26.3 Å². The summed E-state index contributed by atoms with van der Waals surface area (Å²) in [5.74, 6) is -1.51. The van der Waals surface area contributed by atoms with E-state index in [1.54, 1.807) is 11.9 Å². The van der Waals surface area contributed by atoms with E-state index >= 15 is 0 Å². The monoisotopic (exact) mass is 285 g/mol. The number of hydrogen-bond donors (Lipinski definition) is 2. The van der Waals surface area contributed by atoms with Gasteiger partial charge in [-0.3, -0.25) is 9.59 Å². The highest BCUT2D eigenvalue weighted by Gasteiger charge is 2.37. The number of nitrogens with one attached hydrogen (secondary N) is 1. The first-order chi connectivity index (χ1) is 9.50. The quantitative estimate of drug-likeness (QED) is 0.700. The normalized spacial score (nSPS) is 26.2.